The molecule has 7 nitrogen and oxygen atoms in total. The molecule has 0 atom stereocenters. The maximum Gasteiger partial charge on any atom is 0.422 e. The van der Waals surface area contributed by atoms with Gasteiger partial charge in [0.15, 0.2) is 5.71 Å². The van der Waals surface area contributed by atoms with Crippen LogP contribution in [0.2, 0.25) is 0 Å². The molecule has 0 N–H and O–H groups in total. The van der Waals surface area contributed by atoms with E-state index in [1.54, 1.807) is 26.8 Å². The van der Waals surface area contributed by atoms with E-state index in [-0.39, 0.29) is 18.6 Å². The number of carbonyl (C=O) groups is 2. The summed E-state index contributed by atoms with van der Waals surface area (Å²) in [6.07, 6.45) is -0.612. The van der Waals surface area contributed by atoms with Crippen molar-refractivity contribution in [1.29, 1.82) is 5.26 Å². The zero-order chi connectivity index (χ0) is 22.3. The first-order valence-electron chi connectivity index (χ1n) is 8.77. The quantitative estimate of drug-likeness (QED) is 0.321. The summed E-state index contributed by atoms with van der Waals surface area (Å²) in [5, 5.41) is 4.23. The van der Waals surface area contributed by atoms with E-state index in [9.17, 15) is 26.8 Å². The standard InChI is InChI=1S/C19H22F2N2O5S/c1-4-18(2,3)17(25)28-12-8-11-16(24)19(20,21)29(26,27)23-15(13-22)14-9-6-5-7-10-14/h5-7,9-10H,4,8,11-12H2,1-3H3. The van der Waals surface area contributed by atoms with Gasteiger partial charge >= 0.3 is 21.2 Å². The van der Waals surface area contributed by atoms with E-state index in [0.717, 1.165) is 0 Å². The normalized spacial score (nSPS) is 12.9. The lowest BCUT2D eigenvalue weighted by atomic mass is 9.91. The first kappa shape index (κ1) is 24.4. The third-order valence-corrected chi connectivity index (χ3v) is 5.53. The number of Topliss-reactive ketones (excluding diaryl/α,β-unsaturated/α-hetero) is 1. The van der Waals surface area contributed by atoms with Gasteiger partial charge in [-0.15, -0.1) is 4.40 Å². The molecule has 0 aromatic heterocycles. The summed E-state index contributed by atoms with van der Waals surface area (Å²) in [5.41, 5.74) is -1.49. The molecule has 0 aliphatic rings. The molecule has 1 rings (SSSR count). The van der Waals surface area contributed by atoms with Crippen molar-refractivity contribution < 1.29 is 31.5 Å². The molecule has 29 heavy (non-hydrogen) atoms. The Bertz CT molecular complexity index is 920. The molecule has 0 radical (unpaired) electrons. The van der Waals surface area contributed by atoms with Crippen LogP contribution in [-0.2, 0) is 24.3 Å². The van der Waals surface area contributed by atoms with Crippen LogP contribution in [0.3, 0.4) is 0 Å². The largest absolute Gasteiger partial charge is 0.465 e. The average molecular weight is 428 g/mol. The Morgan fingerprint density at radius 3 is 2.31 bits per heavy atom. The molecular formula is C19H22F2N2O5S. The van der Waals surface area contributed by atoms with E-state index in [4.69, 9.17) is 10.00 Å². The van der Waals surface area contributed by atoms with E-state index in [2.05, 4.69) is 4.40 Å². The van der Waals surface area contributed by atoms with Crippen LogP contribution >= 0.6 is 0 Å². The highest BCUT2D eigenvalue weighted by atomic mass is 32.2. The minimum absolute atomic E-state index is 0.0206. The highest BCUT2D eigenvalue weighted by Crippen LogP contribution is 2.28. The second-order valence-corrected chi connectivity index (χ2v) is 8.46. The van der Waals surface area contributed by atoms with Crippen LogP contribution in [0.15, 0.2) is 34.7 Å². The second kappa shape index (κ2) is 9.69. The van der Waals surface area contributed by atoms with Crippen LogP contribution < -0.4 is 0 Å². The molecule has 0 aliphatic heterocycles. The molecule has 0 fully saturated rings. The molecule has 0 saturated carbocycles. The molecule has 0 aliphatic carbocycles. The van der Waals surface area contributed by atoms with Gasteiger partial charge in [-0.3, -0.25) is 9.59 Å². The zero-order valence-corrected chi connectivity index (χ0v) is 17.1. The predicted molar refractivity (Wildman–Crippen MR) is 102 cm³/mol. The molecular weight excluding hydrogens is 406 g/mol. The van der Waals surface area contributed by atoms with Gasteiger partial charge in [-0.1, -0.05) is 37.3 Å². The lowest BCUT2D eigenvalue weighted by Crippen LogP contribution is -2.37. The summed E-state index contributed by atoms with van der Waals surface area (Å²) < 4.78 is 60.0. The van der Waals surface area contributed by atoms with Crippen LogP contribution in [0.1, 0.15) is 45.6 Å². The zero-order valence-electron chi connectivity index (χ0n) is 16.3. The molecule has 10 heteroatoms. The molecule has 0 bridgehead atoms. The van der Waals surface area contributed by atoms with Crippen molar-refractivity contribution in [2.45, 2.75) is 45.3 Å². The van der Waals surface area contributed by atoms with Gasteiger partial charge in [-0.25, -0.2) is 0 Å². The van der Waals surface area contributed by atoms with Crippen molar-refractivity contribution in [2.24, 2.45) is 9.81 Å². The summed E-state index contributed by atoms with van der Waals surface area (Å²) >= 11 is 0. The number of benzene rings is 1. The number of nitriles is 1. The summed E-state index contributed by atoms with van der Waals surface area (Å²) in [7, 11) is -5.62. The number of nitrogens with zero attached hydrogens (tertiary/aromatic N) is 2. The molecule has 0 heterocycles. The van der Waals surface area contributed by atoms with Gasteiger partial charge in [0.1, 0.15) is 6.07 Å². The predicted octanol–water partition coefficient (Wildman–Crippen LogP) is 3.25. The Balaban J connectivity index is 2.83. The molecule has 1 aromatic carbocycles. The maximum absolute atomic E-state index is 14.2. The number of sulfonamides is 1. The van der Waals surface area contributed by atoms with Gasteiger partial charge in [0, 0.05) is 12.0 Å². The number of alkyl halides is 2. The van der Waals surface area contributed by atoms with Crippen LogP contribution in [0.25, 0.3) is 0 Å². The van der Waals surface area contributed by atoms with Gasteiger partial charge in [0.05, 0.1) is 12.0 Å². The smallest absolute Gasteiger partial charge is 0.422 e. The van der Waals surface area contributed by atoms with Crippen LogP contribution in [0.5, 0.6) is 0 Å². The summed E-state index contributed by atoms with van der Waals surface area (Å²) in [6, 6.07) is 8.61. The van der Waals surface area contributed by atoms with Crippen molar-refractivity contribution in [1.82, 2.24) is 0 Å². The Morgan fingerprint density at radius 2 is 1.79 bits per heavy atom. The number of halogens is 2. The Hall–Kier alpha value is -2.67. The fourth-order valence-electron chi connectivity index (χ4n) is 1.94. The number of ether oxygens (including phenoxy) is 1. The molecule has 0 saturated heterocycles. The summed E-state index contributed by atoms with van der Waals surface area (Å²) in [6.45, 7) is 4.78. The first-order chi connectivity index (χ1) is 13.4. The first-order valence-corrected chi connectivity index (χ1v) is 10.2. The number of rotatable bonds is 10. The van der Waals surface area contributed by atoms with Crippen LogP contribution in [0.4, 0.5) is 8.78 Å². The van der Waals surface area contributed by atoms with Gasteiger partial charge in [-0.05, 0) is 26.7 Å². The maximum atomic E-state index is 14.2. The van der Waals surface area contributed by atoms with E-state index in [0.29, 0.717) is 6.42 Å². The summed E-state index contributed by atoms with van der Waals surface area (Å²) in [4.78, 5) is 23.6. The van der Waals surface area contributed by atoms with Crippen molar-refractivity contribution in [3.05, 3.63) is 35.9 Å². The van der Waals surface area contributed by atoms with E-state index in [1.807, 2.05) is 0 Å². The molecule has 0 unspecified atom stereocenters. The Morgan fingerprint density at radius 1 is 1.21 bits per heavy atom. The average Bonchev–Trinajstić information content (AvgIpc) is 2.69. The SMILES string of the molecule is CCC(C)(C)C(=O)OCCCC(=O)C(F)(F)S(=O)(=O)N=C(C#N)c1ccccc1. The topological polar surface area (TPSA) is 114 Å². The fraction of sp³-hybridized carbons (Fsp3) is 0.474. The number of hydrogen-bond acceptors (Lipinski definition) is 6. The van der Waals surface area contributed by atoms with Gasteiger partial charge in [-0.2, -0.15) is 22.5 Å². The number of carbonyl (C=O) groups excluding carboxylic acids is 2. The number of hydrogen-bond donors (Lipinski definition) is 0. The van der Waals surface area contributed by atoms with Gasteiger partial charge in [0.25, 0.3) is 0 Å². The lowest BCUT2D eigenvalue weighted by Gasteiger charge is -2.20. The van der Waals surface area contributed by atoms with E-state index in [1.165, 1.54) is 30.3 Å². The van der Waals surface area contributed by atoms with Crippen molar-refractivity contribution in [3.8, 4) is 6.07 Å². The van der Waals surface area contributed by atoms with Gasteiger partial charge < -0.3 is 4.74 Å². The van der Waals surface area contributed by atoms with Crippen LogP contribution in [0, 0.1) is 16.7 Å². The third kappa shape index (κ3) is 6.15. The number of ketones is 1. The third-order valence-electron chi connectivity index (χ3n) is 4.23. The van der Waals surface area contributed by atoms with Crippen molar-refractivity contribution in [3.63, 3.8) is 0 Å². The Kier molecular flexibility index (Phi) is 8.15. The molecule has 158 valence electrons. The molecule has 0 spiro atoms. The minimum atomic E-state index is -5.62. The van der Waals surface area contributed by atoms with E-state index >= 15 is 0 Å². The second-order valence-electron chi connectivity index (χ2n) is 6.81. The van der Waals surface area contributed by atoms with Crippen LogP contribution in [-0.4, -0.2) is 37.7 Å². The molecule has 0 amide bonds. The highest BCUT2D eigenvalue weighted by molar-refractivity contribution is 7.92. The lowest BCUT2D eigenvalue weighted by molar-refractivity contribution is -0.154. The molecule has 1 aromatic rings. The highest BCUT2D eigenvalue weighted by Gasteiger charge is 2.52. The van der Waals surface area contributed by atoms with Crippen molar-refractivity contribution >= 4 is 27.5 Å². The monoisotopic (exact) mass is 428 g/mol. The fourth-order valence-corrected chi connectivity index (χ4v) is 2.83. The van der Waals surface area contributed by atoms with E-state index < -0.39 is 44.6 Å². The Labute approximate surface area is 168 Å². The van der Waals surface area contributed by atoms with Crippen molar-refractivity contribution in [2.75, 3.05) is 6.61 Å². The van der Waals surface area contributed by atoms with Gasteiger partial charge in [0.2, 0.25) is 5.78 Å². The minimum Gasteiger partial charge on any atom is -0.465 e. The summed E-state index contributed by atoms with van der Waals surface area (Å²) in [5.74, 6) is -2.43. The number of esters is 1.